The number of carbonyl (C=O) groups is 1. The third-order valence-corrected chi connectivity index (χ3v) is 5.60. The molecule has 152 valence electrons. The fourth-order valence-electron chi connectivity index (χ4n) is 3.78. The first-order chi connectivity index (χ1) is 14.6. The molecular weight excluding hydrogens is 364 g/mol. The molecule has 3 aromatic rings. The molecule has 0 amide bonds. The third-order valence-electron chi connectivity index (χ3n) is 5.60. The van der Waals surface area contributed by atoms with Gasteiger partial charge in [0.25, 0.3) is 0 Å². The topological polar surface area (TPSA) is 17.1 Å². The number of aryl methyl sites for hydroxylation is 2. The summed E-state index contributed by atoms with van der Waals surface area (Å²) in [7, 11) is 0. The Hall–Kier alpha value is -3.19. The lowest BCUT2D eigenvalue weighted by molar-refractivity contribution is 0.0935. The van der Waals surface area contributed by atoms with Crippen LogP contribution < -0.4 is 0 Å². The second kappa shape index (κ2) is 11.1. The standard InChI is InChI=1S/C29H30O/c1-23(13-12-18-25-14-6-3-7-15-25)24(2)28(22-21-26-16-8-4-9-17-26)29(30)27-19-10-5-11-20-27/h3-11,14-17,19-20,28H,1-2,12-13,18,21-22H2. The van der Waals surface area contributed by atoms with Crippen LogP contribution in [0.2, 0.25) is 0 Å². The molecule has 0 N–H and O–H groups in total. The van der Waals surface area contributed by atoms with Crippen LogP contribution in [0, 0.1) is 5.92 Å². The number of hydrogen-bond acceptors (Lipinski definition) is 1. The summed E-state index contributed by atoms with van der Waals surface area (Å²) in [5.41, 5.74) is 5.19. The van der Waals surface area contributed by atoms with Crippen LogP contribution in [-0.4, -0.2) is 5.78 Å². The molecule has 1 nitrogen and oxygen atoms in total. The van der Waals surface area contributed by atoms with Crippen LogP contribution in [0.5, 0.6) is 0 Å². The van der Waals surface area contributed by atoms with Gasteiger partial charge >= 0.3 is 0 Å². The lowest BCUT2D eigenvalue weighted by atomic mass is 9.82. The van der Waals surface area contributed by atoms with Gasteiger partial charge < -0.3 is 0 Å². The van der Waals surface area contributed by atoms with Gasteiger partial charge in [-0.05, 0) is 48.8 Å². The highest BCUT2D eigenvalue weighted by atomic mass is 16.1. The number of Topliss-reactive ketones (excluding diaryl/α,β-unsaturated/α-hetero) is 1. The van der Waals surface area contributed by atoms with Crippen molar-refractivity contribution in [1.29, 1.82) is 0 Å². The van der Waals surface area contributed by atoms with Crippen molar-refractivity contribution in [3.8, 4) is 0 Å². The number of allylic oxidation sites excluding steroid dienone is 2. The van der Waals surface area contributed by atoms with E-state index in [4.69, 9.17) is 0 Å². The quantitative estimate of drug-likeness (QED) is 0.247. The number of hydrogen-bond donors (Lipinski definition) is 0. The minimum atomic E-state index is -0.239. The molecule has 0 aliphatic carbocycles. The highest BCUT2D eigenvalue weighted by Crippen LogP contribution is 2.28. The highest BCUT2D eigenvalue weighted by Gasteiger charge is 2.24. The molecule has 1 heteroatoms. The lowest BCUT2D eigenvalue weighted by Crippen LogP contribution is -2.19. The van der Waals surface area contributed by atoms with Crippen LogP contribution in [0.15, 0.2) is 115 Å². The number of carbonyl (C=O) groups excluding carboxylic acids is 1. The molecule has 0 bridgehead atoms. The molecule has 0 aliphatic heterocycles. The van der Waals surface area contributed by atoms with E-state index in [0.717, 1.165) is 48.8 Å². The predicted molar refractivity (Wildman–Crippen MR) is 127 cm³/mol. The zero-order valence-electron chi connectivity index (χ0n) is 17.6. The van der Waals surface area contributed by atoms with Gasteiger partial charge in [-0.1, -0.05) is 110 Å². The fourth-order valence-corrected chi connectivity index (χ4v) is 3.78. The normalized spacial score (nSPS) is 11.6. The Kier molecular flexibility index (Phi) is 7.97. The van der Waals surface area contributed by atoms with Gasteiger partial charge in [0.2, 0.25) is 0 Å². The first-order valence-corrected chi connectivity index (χ1v) is 10.7. The monoisotopic (exact) mass is 394 g/mol. The van der Waals surface area contributed by atoms with Gasteiger partial charge in [-0.25, -0.2) is 0 Å². The third kappa shape index (κ3) is 6.15. The molecule has 0 saturated carbocycles. The summed E-state index contributed by atoms with van der Waals surface area (Å²) in [5.74, 6) is -0.0995. The maximum atomic E-state index is 13.3. The smallest absolute Gasteiger partial charge is 0.170 e. The average Bonchev–Trinajstić information content (AvgIpc) is 2.80. The predicted octanol–water partition coefficient (Wildman–Crippen LogP) is 7.25. The van der Waals surface area contributed by atoms with Crippen LogP contribution in [0.3, 0.4) is 0 Å². The molecule has 3 rings (SSSR count). The Morgan fingerprint density at radius 2 is 1.20 bits per heavy atom. The van der Waals surface area contributed by atoms with E-state index in [1.807, 2.05) is 54.6 Å². The molecule has 0 radical (unpaired) electrons. The summed E-state index contributed by atoms with van der Waals surface area (Å²) >= 11 is 0. The molecule has 0 aromatic heterocycles. The Morgan fingerprint density at radius 1 is 0.700 bits per heavy atom. The highest BCUT2D eigenvalue weighted by molar-refractivity contribution is 6.00. The molecule has 0 aliphatic rings. The Labute approximate surface area is 180 Å². The first-order valence-electron chi connectivity index (χ1n) is 10.7. The van der Waals surface area contributed by atoms with Crippen molar-refractivity contribution < 1.29 is 4.79 Å². The van der Waals surface area contributed by atoms with Crippen molar-refractivity contribution >= 4 is 5.78 Å². The summed E-state index contributed by atoms with van der Waals surface area (Å²) in [4.78, 5) is 13.3. The average molecular weight is 395 g/mol. The van der Waals surface area contributed by atoms with Gasteiger partial charge in [-0.2, -0.15) is 0 Å². The number of benzene rings is 3. The van der Waals surface area contributed by atoms with E-state index < -0.39 is 0 Å². The molecule has 1 unspecified atom stereocenters. The van der Waals surface area contributed by atoms with E-state index in [-0.39, 0.29) is 11.7 Å². The van der Waals surface area contributed by atoms with E-state index in [0.29, 0.717) is 0 Å². The number of ketones is 1. The molecule has 30 heavy (non-hydrogen) atoms. The van der Waals surface area contributed by atoms with Crippen molar-refractivity contribution in [3.63, 3.8) is 0 Å². The van der Waals surface area contributed by atoms with Crippen molar-refractivity contribution in [2.45, 2.75) is 32.1 Å². The van der Waals surface area contributed by atoms with Crippen LogP contribution >= 0.6 is 0 Å². The summed E-state index contributed by atoms with van der Waals surface area (Å²) in [6.07, 6.45) is 4.47. The second-order valence-electron chi connectivity index (χ2n) is 7.78. The van der Waals surface area contributed by atoms with Crippen LogP contribution in [0.4, 0.5) is 0 Å². The lowest BCUT2D eigenvalue weighted by Gasteiger charge is -2.21. The molecule has 0 spiro atoms. The van der Waals surface area contributed by atoms with Crippen molar-refractivity contribution in [2.24, 2.45) is 5.92 Å². The summed E-state index contributed by atoms with van der Waals surface area (Å²) < 4.78 is 0. The van der Waals surface area contributed by atoms with Crippen LogP contribution in [0.25, 0.3) is 0 Å². The van der Waals surface area contributed by atoms with Crippen molar-refractivity contribution in [2.75, 3.05) is 0 Å². The SMILES string of the molecule is C=C(CCCc1ccccc1)C(=C)C(CCc1ccccc1)C(=O)c1ccccc1. The largest absolute Gasteiger partial charge is 0.293 e. The van der Waals surface area contributed by atoms with Gasteiger partial charge in [-0.3, -0.25) is 4.79 Å². The summed E-state index contributed by atoms with van der Waals surface area (Å²) in [6, 6.07) is 30.4. The van der Waals surface area contributed by atoms with Gasteiger partial charge in [0.05, 0.1) is 0 Å². The Bertz CT molecular complexity index is 955. The first kappa shape index (κ1) is 21.5. The zero-order valence-corrected chi connectivity index (χ0v) is 17.6. The Balaban J connectivity index is 1.67. The summed E-state index contributed by atoms with van der Waals surface area (Å²) in [6.45, 7) is 8.61. The molecule has 0 fully saturated rings. The van der Waals surface area contributed by atoms with Crippen molar-refractivity contribution in [1.82, 2.24) is 0 Å². The minimum absolute atomic E-state index is 0.140. The van der Waals surface area contributed by atoms with E-state index >= 15 is 0 Å². The summed E-state index contributed by atoms with van der Waals surface area (Å²) in [5, 5.41) is 0. The Morgan fingerprint density at radius 3 is 1.77 bits per heavy atom. The second-order valence-corrected chi connectivity index (χ2v) is 7.78. The van der Waals surface area contributed by atoms with Gasteiger partial charge in [0.1, 0.15) is 0 Å². The zero-order chi connectivity index (χ0) is 21.2. The van der Waals surface area contributed by atoms with Crippen molar-refractivity contribution in [3.05, 3.63) is 132 Å². The van der Waals surface area contributed by atoms with E-state index in [2.05, 4.69) is 49.6 Å². The van der Waals surface area contributed by atoms with Gasteiger partial charge in [0, 0.05) is 11.5 Å². The maximum Gasteiger partial charge on any atom is 0.170 e. The van der Waals surface area contributed by atoms with E-state index in [1.54, 1.807) is 0 Å². The molecular formula is C29H30O. The number of rotatable bonds is 11. The fraction of sp³-hybridized carbons (Fsp3) is 0.207. The minimum Gasteiger partial charge on any atom is -0.293 e. The van der Waals surface area contributed by atoms with E-state index in [9.17, 15) is 4.79 Å². The molecule has 0 saturated heterocycles. The van der Waals surface area contributed by atoms with Gasteiger partial charge in [0.15, 0.2) is 5.78 Å². The molecule has 3 aromatic carbocycles. The van der Waals surface area contributed by atoms with Crippen LogP contribution in [-0.2, 0) is 12.8 Å². The van der Waals surface area contributed by atoms with Crippen LogP contribution in [0.1, 0.15) is 40.7 Å². The van der Waals surface area contributed by atoms with E-state index in [1.165, 1.54) is 11.1 Å². The maximum absolute atomic E-state index is 13.3. The molecule has 0 heterocycles. The molecule has 1 atom stereocenters. The van der Waals surface area contributed by atoms with Gasteiger partial charge in [-0.15, -0.1) is 0 Å².